The van der Waals surface area contributed by atoms with E-state index in [2.05, 4.69) is 44.2 Å². The molecule has 1 N–H and O–H groups in total. The highest BCUT2D eigenvalue weighted by Crippen LogP contribution is 2.25. The monoisotopic (exact) mass is 261 g/mol. The smallest absolute Gasteiger partial charge is 0.138 e. The third kappa shape index (κ3) is 2.03. The Labute approximate surface area is 107 Å². The highest BCUT2D eigenvalue weighted by Gasteiger charge is 2.08. The molecule has 0 radical (unpaired) electrons. The van der Waals surface area contributed by atoms with Crippen LogP contribution in [0.1, 0.15) is 10.7 Å². The molecule has 3 aromatic heterocycles. The molecule has 86 valence electrons. The second kappa shape index (κ2) is 4.43. The molecule has 3 aromatic rings. The van der Waals surface area contributed by atoms with Gasteiger partial charge < -0.3 is 5.32 Å². The Hall–Kier alpha value is -1.46. The van der Waals surface area contributed by atoms with E-state index in [1.165, 1.54) is 4.88 Å². The van der Waals surface area contributed by atoms with Crippen molar-refractivity contribution in [3.8, 4) is 0 Å². The average Bonchev–Trinajstić information content (AvgIpc) is 2.98. The topological polar surface area (TPSA) is 37.8 Å². The second-order valence-corrected chi connectivity index (χ2v) is 5.56. The van der Waals surface area contributed by atoms with Crippen LogP contribution in [0.3, 0.4) is 0 Å². The minimum absolute atomic E-state index is 0.806. The van der Waals surface area contributed by atoms with Gasteiger partial charge in [-0.1, -0.05) is 6.07 Å². The zero-order chi connectivity index (χ0) is 11.7. The van der Waals surface area contributed by atoms with Crippen LogP contribution in [0.4, 0.5) is 5.82 Å². The number of nitrogens with zero attached hydrogens (tertiary/aromatic N) is 2. The van der Waals surface area contributed by atoms with Crippen molar-refractivity contribution in [1.82, 2.24) is 9.97 Å². The SMILES string of the molecule is CNc1nc(Cc2cccs2)nc2sccc12. The van der Waals surface area contributed by atoms with Crippen molar-refractivity contribution in [1.29, 1.82) is 0 Å². The van der Waals surface area contributed by atoms with Crippen LogP contribution in [0.15, 0.2) is 29.0 Å². The number of fused-ring (bicyclic) bond motifs is 1. The summed E-state index contributed by atoms with van der Waals surface area (Å²) in [6, 6.07) is 6.23. The average molecular weight is 261 g/mol. The lowest BCUT2D eigenvalue weighted by Gasteiger charge is -2.04. The molecule has 0 atom stereocenters. The molecule has 0 aromatic carbocycles. The third-order valence-corrected chi connectivity index (χ3v) is 4.20. The zero-order valence-electron chi connectivity index (χ0n) is 9.30. The summed E-state index contributed by atoms with van der Waals surface area (Å²) in [4.78, 5) is 11.5. The van der Waals surface area contributed by atoms with E-state index in [4.69, 9.17) is 0 Å². The van der Waals surface area contributed by atoms with Crippen molar-refractivity contribution in [2.45, 2.75) is 6.42 Å². The summed E-state index contributed by atoms with van der Waals surface area (Å²) >= 11 is 3.40. The molecule has 0 aliphatic heterocycles. The highest BCUT2D eigenvalue weighted by atomic mass is 32.1. The van der Waals surface area contributed by atoms with Crippen molar-refractivity contribution >= 4 is 38.7 Å². The minimum atomic E-state index is 0.806. The van der Waals surface area contributed by atoms with Crippen molar-refractivity contribution in [2.75, 3.05) is 12.4 Å². The van der Waals surface area contributed by atoms with E-state index in [-0.39, 0.29) is 0 Å². The first-order valence-corrected chi connectivity index (χ1v) is 7.07. The van der Waals surface area contributed by atoms with Crippen LogP contribution >= 0.6 is 22.7 Å². The summed E-state index contributed by atoms with van der Waals surface area (Å²) < 4.78 is 0. The van der Waals surface area contributed by atoms with E-state index < -0.39 is 0 Å². The Morgan fingerprint density at radius 1 is 1.18 bits per heavy atom. The molecule has 17 heavy (non-hydrogen) atoms. The molecule has 0 amide bonds. The molecule has 5 heteroatoms. The van der Waals surface area contributed by atoms with E-state index in [0.29, 0.717) is 0 Å². The molecule has 3 rings (SSSR count). The summed E-state index contributed by atoms with van der Waals surface area (Å²) in [6.45, 7) is 0. The highest BCUT2D eigenvalue weighted by molar-refractivity contribution is 7.16. The number of rotatable bonds is 3. The number of hydrogen-bond acceptors (Lipinski definition) is 5. The fourth-order valence-corrected chi connectivity index (χ4v) is 3.22. The van der Waals surface area contributed by atoms with E-state index in [0.717, 1.165) is 28.3 Å². The van der Waals surface area contributed by atoms with Gasteiger partial charge in [-0.3, -0.25) is 0 Å². The number of aromatic nitrogens is 2. The van der Waals surface area contributed by atoms with Crippen LogP contribution in [-0.2, 0) is 6.42 Å². The van der Waals surface area contributed by atoms with Gasteiger partial charge in [0, 0.05) is 18.3 Å². The normalized spacial score (nSPS) is 10.9. The Kier molecular flexibility index (Phi) is 2.78. The summed E-state index contributed by atoms with van der Waals surface area (Å²) in [7, 11) is 1.90. The molecule has 0 spiro atoms. The lowest BCUT2D eigenvalue weighted by molar-refractivity contribution is 1.01. The van der Waals surface area contributed by atoms with Crippen LogP contribution in [-0.4, -0.2) is 17.0 Å². The molecule has 0 aliphatic carbocycles. The molecule has 0 fully saturated rings. The van der Waals surface area contributed by atoms with E-state index in [1.807, 2.05) is 7.05 Å². The third-order valence-electron chi connectivity index (χ3n) is 2.52. The molecule has 0 unspecified atom stereocenters. The Morgan fingerprint density at radius 2 is 2.12 bits per heavy atom. The predicted molar refractivity (Wildman–Crippen MR) is 74.1 cm³/mol. The van der Waals surface area contributed by atoms with Gasteiger partial charge in [0.15, 0.2) is 0 Å². The number of nitrogens with one attached hydrogen (secondary N) is 1. The van der Waals surface area contributed by atoms with E-state index in [1.54, 1.807) is 22.7 Å². The first kappa shape index (κ1) is 10.7. The van der Waals surface area contributed by atoms with Gasteiger partial charge in [-0.05, 0) is 22.9 Å². The maximum atomic E-state index is 4.59. The summed E-state index contributed by atoms with van der Waals surface area (Å²) in [6.07, 6.45) is 0.806. The molecule has 0 aliphatic rings. The van der Waals surface area contributed by atoms with Gasteiger partial charge in [-0.15, -0.1) is 22.7 Å². The molecule has 0 bridgehead atoms. The van der Waals surface area contributed by atoms with Crippen LogP contribution in [0.2, 0.25) is 0 Å². The Bertz CT molecular complexity index is 628. The van der Waals surface area contributed by atoms with Crippen LogP contribution in [0, 0.1) is 0 Å². The molecule has 3 nitrogen and oxygen atoms in total. The zero-order valence-corrected chi connectivity index (χ0v) is 10.9. The van der Waals surface area contributed by atoms with Crippen LogP contribution < -0.4 is 5.32 Å². The summed E-state index contributed by atoms with van der Waals surface area (Å²) in [5, 5.41) is 8.37. The second-order valence-electron chi connectivity index (χ2n) is 3.63. The maximum absolute atomic E-state index is 4.59. The summed E-state index contributed by atoms with van der Waals surface area (Å²) in [5.41, 5.74) is 0. The molecule has 0 saturated heterocycles. The first-order chi connectivity index (χ1) is 8.36. The lowest BCUT2D eigenvalue weighted by atomic mass is 10.3. The van der Waals surface area contributed by atoms with Gasteiger partial charge in [0.05, 0.1) is 5.39 Å². The van der Waals surface area contributed by atoms with Gasteiger partial charge in [0.1, 0.15) is 16.5 Å². The standard InChI is InChI=1S/C12H11N3S2/c1-13-11-9-4-6-17-12(9)15-10(14-11)7-8-3-2-5-16-8/h2-6H,7H2,1H3,(H,13,14,15). The van der Waals surface area contributed by atoms with Crippen molar-refractivity contribution < 1.29 is 0 Å². The Balaban J connectivity index is 2.04. The maximum Gasteiger partial charge on any atom is 0.138 e. The first-order valence-electron chi connectivity index (χ1n) is 5.31. The van der Waals surface area contributed by atoms with E-state index >= 15 is 0 Å². The number of hydrogen-bond donors (Lipinski definition) is 1. The largest absolute Gasteiger partial charge is 0.372 e. The van der Waals surface area contributed by atoms with Crippen molar-refractivity contribution in [2.24, 2.45) is 0 Å². The van der Waals surface area contributed by atoms with Crippen molar-refractivity contribution in [3.05, 3.63) is 39.7 Å². The fraction of sp³-hybridized carbons (Fsp3) is 0.167. The van der Waals surface area contributed by atoms with Crippen LogP contribution in [0.25, 0.3) is 10.2 Å². The minimum Gasteiger partial charge on any atom is -0.372 e. The molecule has 0 saturated carbocycles. The summed E-state index contributed by atoms with van der Waals surface area (Å²) in [5.74, 6) is 1.80. The molecular formula is C12H11N3S2. The predicted octanol–water partition coefficient (Wildman–Crippen LogP) is 3.39. The Morgan fingerprint density at radius 3 is 2.88 bits per heavy atom. The van der Waals surface area contributed by atoms with Crippen LogP contribution in [0.5, 0.6) is 0 Å². The van der Waals surface area contributed by atoms with E-state index in [9.17, 15) is 0 Å². The number of thiophene rings is 2. The number of anilines is 1. The molecular weight excluding hydrogens is 250 g/mol. The lowest BCUT2D eigenvalue weighted by Crippen LogP contribution is -2.00. The molecule has 3 heterocycles. The van der Waals surface area contributed by atoms with Gasteiger partial charge in [-0.2, -0.15) is 0 Å². The van der Waals surface area contributed by atoms with Crippen molar-refractivity contribution in [3.63, 3.8) is 0 Å². The quantitative estimate of drug-likeness (QED) is 0.785. The van der Waals surface area contributed by atoms with Gasteiger partial charge >= 0.3 is 0 Å². The van der Waals surface area contributed by atoms with Gasteiger partial charge in [0.25, 0.3) is 0 Å². The van der Waals surface area contributed by atoms with Gasteiger partial charge in [0.2, 0.25) is 0 Å². The fourth-order valence-electron chi connectivity index (χ4n) is 1.74. The van der Waals surface area contributed by atoms with Gasteiger partial charge in [-0.25, -0.2) is 9.97 Å².